The number of hydrogen-bond donors (Lipinski definition) is 0. The zero-order valence-corrected chi connectivity index (χ0v) is 17.6. The molecule has 0 spiro atoms. The maximum absolute atomic E-state index is 13.1. The Hall–Kier alpha value is -2.33. The Labute approximate surface area is 173 Å². The average molecular weight is 490 g/mol. The number of nitrogens with zero attached hydrogens (tertiary/aromatic N) is 1. The molecule has 0 fully saturated rings. The highest BCUT2D eigenvalue weighted by Crippen LogP contribution is 2.30. The first kappa shape index (κ1) is 21.4. The van der Waals surface area contributed by atoms with E-state index in [0.717, 1.165) is 41.2 Å². The van der Waals surface area contributed by atoms with Crippen LogP contribution in [0.3, 0.4) is 0 Å². The molecule has 0 aliphatic heterocycles. The van der Waals surface area contributed by atoms with Crippen molar-refractivity contribution in [3.63, 3.8) is 0 Å². The predicted molar refractivity (Wildman–Crippen MR) is 105 cm³/mol. The van der Waals surface area contributed by atoms with Crippen molar-refractivity contribution in [3.8, 4) is 5.75 Å². The summed E-state index contributed by atoms with van der Waals surface area (Å²) in [4.78, 5) is 12.9. The molecule has 29 heavy (non-hydrogen) atoms. The normalized spacial score (nSPS) is 13.4. The van der Waals surface area contributed by atoms with Gasteiger partial charge in [0.2, 0.25) is 0 Å². The van der Waals surface area contributed by atoms with Crippen molar-refractivity contribution < 1.29 is 31.1 Å². The van der Waals surface area contributed by atoms with Crippen LogP contribution in [0.15, 0.2) is 58.0 Å². The largest absolute Gasteiger partial charge is 0.480 e. The van der Waals surface area contributed by atoms with E-state index in [1.54, 1.807) is 24.3 Å². The molecule has 0 bridgehead atoms. The van der Waals surface area contributed by atoms with Gasteiger partial charge < -0.3 is 4.74 Å². The van der Waals surface area contributed by atoms with Crippen LogP contribution in [0, 0.1) is 0 Å². The summed E-state index contributed by atoms with van der Waals surface area (Å²) in [6.07, 6.45) is -4.43. The van der Waals surface area contributed by atoms with Crippen molar-refractivity contribution in [2.45, 2.75) is 24.1 Å². The van der Waals surface area contributed by atoms with Crippen LogP contribution in [-0.4, -0.2) is 37.4 Å². The molecule has 0 amide bonds. The molecule has 0 radical (unpaired) electrons. The number of aromatic nitrogens is 1. The van der Waals surface area contributed by atoms with E-state index in [9.17, 15) is 26.4 Å². The molecule has 0 N–H and O–H groups in total. The minimum Gasteiger partial charge on any atom is -0.480 e. The van der Waals surface area contributed by atoms with Gasteiger partial charge in [0.05, 0.1) is 16.0 Å². The van der Waals surface area contributed by atoms with Gasteiger partial charge in [0.25, 0.3) is 5.91 Å². The van der Waals surface area contributed by atoms with E-state index in [2.05, 4.69) is 15.9 Å². The van der Waals surface area contributed by atoms with E-state index < -0.39 is 28.0 Å². The minimum atomic E-state index is -4.65. The summed E-state index contributed by atoms with van der Waals surface area (Å²) in [7, 11) is -3.69. The molecule has 0 aliphatic carbocycles. The van der Waals surface area contributed by atoms with Crippen LogP contribution >= 0.6 is 15.9 Å². The van der Waals surface area contributed by atoms with Crippen LogP contribution in [-0.2, 0) is 9.84 Å². The Morgan fingerprint density at radius 3 is 2.45 bits per heavy atom. The molecule has 154 valence electrons. The highest BCUT2D eigenvalue weighted by molar-refractivity contribution is 9.10. The van der Waals surface area contributed by atoms with Crippen molar-refractivity contribution in [3.05, 3.63) is 58.7 Å². The number of rotatable bonds is 4. The molecule has 1 aromatic heterocycles. The number of hydrogen-bond acceptors (Lipinski definition) is 4. The number of fused-ring (bicyclic) bond motifs is 1. The van der Waals surface area contributed by atoms with Crippen molar-refractivity contribution >= 4 is 42.6 Å². The number of carbonyl (C=O) groups excluding carboxylic acids is 1. The molecular formula is C19H15BrF3NO4S. The maximum Gasteiger partial charge on any atom is 0.425 e. The van der Waals surface area contributed by atoms with Crippen LogP contribution in [0.1, 0.15) is 17.3 Å². The summed E-state index contributed by atoms with van der Waals surface area (Å²) < 4.78 is 69.6. The van der Waals surface area contributed by atoms with E-state index in [0.29, 0.717) is 5.52 Å². The number of carbonyl (C=O) groups is 1. The van der Waals surface area contributed by atoms with E-state index in [1.165, 1.54) is 10.8 Å². The second kappa shape index (κ2) is 7.49. The summed E-state index contributed by atoms with van der Waals surface area (Å²) in [6.45, 7) is 0.807. The third-order valence-electron chi connectivity index (χ3n) is 4.25. The fourth-order valence-corrected chi connectivity index (χ4v) is 3.71. The molecule has 0 aliphatic rings. The van der Waals surface area contributed by atoms with Crippen molar-refractivity contribution in [2.75, 3.05) is 6.26 Å². The zero-order chi connectivity index (χ0) is 21.6. The van der Waals surface area contributed by atoms with Gasteiger partial charge in [-0.2, -0.15) is 13.2 Å². The van der Waals surface area contributed by atoms with Gasteiger partial charge in [0.1, 0.15) is 5.75 Å². The molecule has 5 nitrogen and oxygen atoms in total. The minimum absolute atomic E-state index is 0.202. The third kappa shape index (κ3) is 4.48. The molecular weight excluding hydrogens is 475 g/mol. The fraction of sp³-hybridized carbons (Fsp3) is 0.211. The lowest BCUT2D eigenvalue weighted by Crippen LogP contribution is -2.32. The number of alkyl halides is 3. The second-order valence-corrected chi connectivity index (χ2v) is 9.36. The summed E-state index contributed by atoms with van der Waals surface area (Å²) in [5.74, 6) is -1.07. The monoisotopic (exact) mass is 489 g/mol. The molecule has 1 atom stereocenters. The molecule has 3 rings (SSSR count). The summed E-state index contributed by atoms with van der Waals surface area (Å²) in [5.41, 5.74) is 0.224. The van der Waals surface area contributed by atoms with E-state index in [4.69, 9.17) is 4.74 Å². The van der Waals surface area contributed by atoms with Crippen molar-refractivity contribution in [1.29, 1.82) is 0 Å². The van der Waals surface area contributed by atoms with Crippen LogP contribution in [0.5, 0.6) is 5.75 Å². The van der Waals surface area contributed by atoms with Crippen LogP contribution in [0.2, 0.25) is 0 Å². The summed E-state index contributed by atoms with van der Waals surface area (Å²) in [6, 6.07) is 10.0. The number of halogens is 4. The van der Waals surface area contributed by atoms with Crippen LogP contribution in [0.4, 0.5) is 13.2 Å². The molecule has 10 heteroatoms. The quantitative estimate of drug-likeness (QED) is 0.526. The second-order valence-electron chi connectivity index (χ2n) is 6.43. The Bertz CT molecular complexity index is 1200. The lowest BCUT2D eigenvalue weighted by atomic mass is 10.1. The predicted octanol–water partition coefficient (Wildman–Crippen LogP) is 4.83. The Kier molecular flexibility index (Phi) is 5.52. The van der Waals surface area contributed by atoms with Crippen LogP contribution < -0.4 is 4.74 Å². The average Bonchev–Trinajstić information content (AvgIpc) is 3.02. The van der Waals surface area contributed by atoms with Gasteiger partial charge >= 0.3 is 6.18 Å². The number of sulfone groups is 1. The molecule has 0 saturated carbocycles. The lowest BCUT2D eigenvalue weighted by molar-refractivity contribution is -0.189. The standard InChI is InChI=1S/C19H15BrF3NO4S/c1-11(19(21,22)23)28-17-6-4-14(29(2,26)27)10-15(17)18(25)24-8-7-12-9-13(20)3-5-16(12)24/h3-11H,1-2H3/t11-/m0/s1. The summed E-state index contributed by atoms with van der Waals surface area (Å²) in [5, 5.41) is 0.720. The van der Waals surface area contributed by atoms with Crippen molar-refractivity contribution in [2.24, 2.45) is 0 Å². The maximum atomic E-state index is 13.1. The first-order valence-corrected chi connectivity index (χ1v) is 10.9. The Morgan fingerprint density at radius 2 is 1.83 bits per heavy atom. The molecule has 0 unspecified atom stereocenters. The van der Waals surface area contributed by atoms with Gasteiger partial charge in [-0.25, -0.2) is 8.42 Å². The highest BCUT2D eigenvalue weighted by Gasteiger charge is 2.38. The zero-order valence-electron chi connectivity index (χ0n) is 15.2. The number of ether oxygens (including phenoxy) is 1. The van der Waals surface area contributed by atoms with Gasteiger partial charge in [-0.3, -0.25) is 9.36 Å². The van der Waals surface area contributed by atoms with E-state index in [1.807, 2.05) is 0 Å². The first-order valence-electron chi connectivity index (χ1n) is 8.27. The van der Waals surface area contributed by atoms with Crippen LogP contribution in [0.25, 0.3) is 10.9 Å². The Balaban J connectivity index is 2.14. The topological polar surface area (TPSA) is 65.4 Å². The van der Waals surface area contributed by atoms with Gasteiger partial charge in [-0.15, -0.1) is 0 Å². The Morgan fingerprint density at radius 1 is 1.14 bits per heavy atom. The molecule has 0 saturated heterocycles. The molecule has 1 heterocycles. The summed E-state index contributed by atoms with van der Waals surface area (Å²) >= 11 is 3.32. The smallest absolute Gasteiger partial charge is 0.425 e. The highest BCUT2D eigenvalue weighted by atomic mass is 79.9. The number of benzene rings is 2. The van der Waals surface area contributed by atoms with Crippen molar-refractivity contribution in [1.82, 2.24) is 4.57 Å². The first-order chi connectivity index (χ1) is 13.4. The molecule has 3 aromatic rings. The van der Waals surface area contributed by atoms with Gasteiger partial charge in [-0.1, -0.05) is 15.9 Å². The van der Waals surface area contributed by atoms with Gasteiger partial charge in [0, 0.05) is 22.3 Å². The SMILES string of the molecule is C[C@H](Oc1ccc(S(C)(=O)=O)cc1C(=O)n1ccc2cc(Br)ccc21)C(F)(F)F. The molecule has 2 aromatic carbocycles. The lowest BCUT2D eigenvalue weighted by Gasteiger charge is -2.20. The fourth-order valence-electron chi connectivity index (χ4n) is 2.69. The van der Waals surface area contributed by atoms with E-state index in [-0.39, 0.29) is 16.2 Å². The third-order valence-corrected chi connectivity index (χ3v) is 5.85. The van der Waals surface area contributed by atoms with Gasteiger partial charge in [0.15, 0.2) is 15.9 Å². The van der Waals surface area contributed by atoms with E-state index >= 15 is 0 Å². The van der Waals surface area contributed by atoms with Gasteiger partial charge in [-0.05, 0) is 49.4 Å².